The second kappa shape index (κ2) is 7.76. The predicted octanol–water partition coefficient (Wildman–Crippen LogP) is 3.01. The summed E-state index contributed by atoms with van der Waals surface area (Å²) in [5, 5.41) is 12.2. The van der Waals surface area contributed by atoms with Crippen LogP contribution in [0.25, 0.3) is 0 Å². The monoisotopic (exact) mass is 289 g/mol. The van der Waals surface area contributed by atoms with Crippen molar-refractivity contribution in [2.75, 3.05) is 6.54 Å². The van der Waals surface area contributed by atoms with Crippen molar-refractivity contribution in [2.45, 2.75) is 26.7 Å². The van der Waals surface area contributed by atoms with Gasteiger partial charge in [0.05, 0.1) is 6.61 Å². The van der Waals surface area contributed by atoms with Crippen molar-refractivity contribution < 1.29 is 14.2 Å². The van der Waals surface area contributed by atoms with Gasteiger partial charge in [-0.25, -0.2) is 4.39 Å². The number of nitrogens with one attached hydrogen (secondary N) is 1. The number of aliphatic hydroxyl groups is 1. The average Bonchev–Trinajstić information content (AvgIpc) is 2.52. The third kappa shape index (κ3) is 4.28. The van der Waals surface area contributed by atoms with Crippen LogP contribution in [-0.4, -0.2) is 11.7 Å². The summed E-state index contributed by atoms with van der Waals surface area (Å²) in [6, 6.07) is 12.4. The summed E-state index contributed by atoms with van der Waals surface area (Å²) in [5.41, 5.74) is 2.59. The van der Waals surface area contributed by atoms with Gasteiger partial charge in [0.2, 0.25) is 0 Å². The Kier molecular flexibility index (Phi) is 5.72. The fourth-order valence-corrected chi connectivity index (χ4v) is 2.01. The molecule has 0 saturated carbocycles. The minimum atomic E-state index is -0.350. The summed E-state index contributed by atoms with van der Waals surface area (Å²) in [7, 11) is 0. The molecule has 0 saturated heterocycles. The summed E-state index contributed by atoms with van der Waals surface area (Å²) < 4.78 is 19.6. The average molecular weight is 289 g/mol. The van der Waals surface area contributed by atoms with E-state index >= 15 is 0 Å². The van der Waals surface area contributed by atoms with Gasteiger partial charge in [-0.2, -0.15) is 0 Å². The van der Waals surface area contributed by atoms with Gasteiger partial charge >= 0.3 is 0 Å². The molecule has 21 heavy (non-hydrogen) atoms. The Morgan fingerprint density at radius 3 is 2.48 bits per heavy atom. The van der Waals surface area contributed by atoms with Crippen LogP contribution in [0, 0.1) is 5.82 Å². The Labute approximate surface area is 124 Å². The molecule has 0 bridgehead atoms. The zero-order valence-corrected chi connectivity index (χ0v) is 12.1. The first kappa shape index (κ1) is 15.5. The highest BCUT2D eigenvalue weighted by Crippen LogP contribution is 2.23. The number of ether oxygens (including phenoxy) is 1. The lowest BCUT2D eigenvalue weighted by atomic mass is 10.1. The first-order chi connectivity index (χ1) is 10.2. The molecule has 0 fully saturated rings. The topological polar surface area (TPSA) is 41.5 Å². The Hall–Kier alpha value is -1.91. The Balaban J connectivity index is 2.07. The zero-order chi connectivity index (χ0) is 15.1. The fraction of sp³-hybridized carbons (Fsp3) is 0.294. The minimum absolute atomic E-state index is 0.0152. The van der Waals surface area contributed by atoms with Gasteiger partial charge in [0.15, 0.2) is 11.6 Å². The molecular formula is C17H20FNO2. The molecule has 3 nitrogen and oxygen atoms in total. The van der Waals surface area contributed by atoms with Crippen molar-refractivity contribution in [3.8, 4) is 5.75 Å². The molecule has 4 heteroatoms. The molecule has 0 spiro atoms. The summed E-state index contributed by atoms with van der Waals surface area (Å²) in [6.45, 7) is 3.71. The lowest BCUT2D eigenvalue weighted by Gasteiger charge is -2.13. The molecule has 0 heterocycles. The number of para-hydroxylation sites is 1. The number of halogens is 1. The second-order valence-corrected chi connectivity index (χ2v) is 4.77. The molecule has 2 aromatic rings. The number of benzene rings is 2. The molecule has 0 atom stereocenters. The van der Waals surface area contributed by atoms with E-state index in [0.29, 0.717) is 18.9 Å². The molecule has 0 aliphatic heterocycles. The molecule has 0 aliphatic rings. The summed E-state index contributed by atoms with van der Waals surface area (Å²) in [5.74, 6) is -0.0536. The maximum Gasteiger partial charge on any atom is 0.165 e. The van der Waals surface area contributed by atoms with E-state index in [9.17, 15) is 4.39 Å². The number of hydrogen-bond acceptors (Lipinski definition) is 3. The van der Waals surface area contributed by atoms with E-state index in [-0.39, 0.29) is 12.4 Å². The minimum Gasteiger partial charge on any atom is -0.485 e. The van der Waals surface area contributed by atoms with E-state index in [0.717, 1.165) is 23.2 Å². The van der Waals surface area contributed by atoms with E-state index in [4.69, 9.17) is 9.84 Å². The normalized spacial score (nSPS) is 10.6. The van der Waals surface area contributed by atoms with E-state index in [1.165, 1.54) is 6.07 Å². The van der Waals surface area contributed by atoms with Crippen LogP contribution < -0.4 is 10.1 Å². The summed E-state index contributed by atoms with van der Waals surface area (Å²) in [6.07, 6.45) is 0. The second-order valence-electron chi connectivity index (χ2n) is 4.77. The van der Waals surface area contributed by atoms with Crippen LogP contribution in [0.4, 0.5) is 4.39 Å². The van der Waals surface area contributed by atoms with Gasteiger partial charge in [0.25, 0.3) is 0 Å². The molecule has 2 rings (SSSR count). The van der Waals surface area contributed by atoms with Crippen molar-refractivity contribution in [3.63, 3.8) is 0 Å². The van der Waals surface area contributed by atoms with E-state index in [2.05, 4.69) is 5.32 Å². The molecule has 2 N–H and O–H groups in total. The van der Waals surface area contributed by atoms with Crippen LogP contribution in [0.1, 0.15) is 23.6 Å². The zero-order valence-electron chi connectivity index (χ0n) is 12.1. The lowest BCUT2D eigenvalue weighted by Crippen LogP contribution is -2.13. The van der Waals surface area contributed by atoms with Gasteiger partial charge in [-0.3, -0.25) is 0 Å². The summed E-state index contributed by atoms with van der Waals surface area (Å²) >= 11 is 0. The van der Waals surface area contributed by atoms with E-state index < -0.39 is 0 Å². The number of aliphatic hydroxyl groups excluding tert-OH is 1. The van der Waals surface area contributed by atoms with Crippen molar-refractivity contribution in [1.82, 2.24) is 5.32 Å². The third-order valence-electron chi connectivity index (χ3n) is 3.20. The molecule has 0 radical (unpaired) electrons. The van der Waals surface area contributed by atoms with Crippen molar-refractivity contribution in [2.24, 2.45) is 0 Å². The van der Waals surface area contributed by atoms with Gasteiger partial charge in [-0.1, -0.05) is 43.3 Å². The largest absolute Gasteiger partial charge is 0.485 e. The lowest BCUT2D eigenvalue weighted by molar-refractivity contribution is 0.280. The highest BCUT2D eigenvalue weighted by molar-refractivity contribution is 5.35. The van der Waals surface area contributed by atoms with E-state index in [1.807, 2.05) is 37.3 Å². The van der Waals surface area contributed by atoms with Crippen LogP contribution in [0.5, 0.6) is 5.75 Å². The first-order valence-corrected chi connectivity index (χ1v) is 7.04. The molecule has 0 unspecified atom stereocenters. The maximum absolute atomic E-state index is 13.9. The molecule has 0 aliphatic carbocycles. The molecule has 0 amide bonds. The molecule has 112 valence electrons. The quantitative estimate of drug-likeness (QED) is 0.823. The van der Waals surface area contributed by atoms with Gasteiger partial charge in [-0.15, -0.1) is 0 Å². The third-order valence-corrected chi connectivity index (χ3v) is 3.20. The van der Waals surface area contributed by atoms with Gasteiger partial charge in [0.1, 0.15) is 6.61 Å². The highest BCUT2D eigenvalue weighted by atomic mass is 19.1. The fourth-order valence-electron chi connectivity index (χ4n) is 2.01. The smallest absolute Gasteiger partial charge is 0.165 e. The van der Waals surface area contributed by atoms with E-state index in [1.54, 1.807) is 6.07 Å². The summed E-state index contributed by atoms with van der Waals surface area (Å²) in [4.78, 5) is 0. The SMILES string of the molecule is CCNCc1cccc(F)c1OCc1ccc(CO)cc1. The van der Waals surface area contributed by atoms with Crippen LogP contribution in [0.15, 0.2) is 42.5 Å². The Morgan fingerprint density at radius 1 is 1.10 bits per heavy atom. The molecule has 2 aromatic carbocycles. The van der Waals surface area contributed by atoms with Gasteiger partial charge in [0, 0.05) is 12.1 Å². The van der Waals surface area contributed by atoms with Crippen molar-refractivity contribution in [1.29, 1.82) is 0 Å². The standard InChI is InChI=1S/C17H20FNO2/c1-2-19-10-15-4-3-5-16(18)17(15)21-12-14-8-6-13(11-20)7-9-14/h3-9,19-20H,2,10-12H2,1H3. The van der Waals surface area contributed by atoms with Crippen molar-refractivity contribution >= 4 is 0 Å². The maximum atomic E-state index is 13.9. The number of rotatable bonds is 7. The van der Waals surface area contributed by atoms with Crippen LogP contribution in [-0.2, 0) is 19.8 Å². The van der Waals surface area contributed by atoms with Gasteiger partial charge in [-0.05, 0) is 23.7 Å². The van der Waals surface area contributed by atoms with Crippen molar-refractivity contribution in [3.05, 3.63) is 65.0 Å². The van der Waals surface area contributed by atoms with Gasteiger partial charge < -0.3 is 15.2 Å². The molecule has 0 aromatic heterocycles. The van der Waals surface area contributed by atoms with Crippen LogP contribution in [0.2, 0.25) is 0 Å². The predicted molar refractivity (Wildman–Crippen MR) is 80.5 cm³/mol. The van der Waals surface area contributed by atoms with Crippen LogP contribution in [0.3, 0.4) is 0 Å². The van der Waals surface area contributed by atoms with Crippen LogP contribution >= 0.6 is 0 Å². The Bertz CT molecular complexity index is 570. The molecular weight excluding hydrogens is 269 g/mol. The number of hydrogen-bond donors (Lipinski definition) is 2. The Morgan fingerprint density at radius 2 is 1.81 bits per heavy atom. The first-order valence-electron chi connectivity index (χ1n) is 7.04. The highest BCUT2D eigenvalue weighted by Gasteiger charge is 2.09.